The SMILES string of the molecule is CCCCOC(=O)C1(OCCCC)C(=O)c2ccccc2C1=O. The summed E-state index contributed by atoms with van der Waals surface area (Å²) in [6.45, 7) is 4.25. The Morgan fingerprint density at radius 1 is 0.957 bits per heavy atom. The first kappa shape index (κ1) is 17.3. The molecule has 124 valence electrons. The van der Waals surface area contributed by atoms with Gasteiger partial charge in [-0.1, -0.05) is 51.0 Å². The molecule has 0 heterocycles. The number of carbonyl (C=O) groups excluding carboxylic acids is 3. The maximum atomic E-state index is 12.8. The van der Waals surface area contributed by atoms with E-state index in [0.717, 1.165) is 12.8 Å². The van der Waals surface area contributed by atoms with E-state index in [-0.39, 0.29) is 24.3 Å². The lowest BCUT2D eigenvalue weighted by atomic mass is 9.97. The summed E-state index contributed by atoms with van der Waals surface area (Å²) in [5, 5.41) is 0. The van der Waals surface area contributed by atoms with Gasteiger partial charge in [0.1, 0.15) is 0 Å². The Hall–Kier alpha value is -2.01. The number of benzene rings is 1. The van der Waals surface area contributed by atoms with Crippen molar-refractivity contribution in [1.29, 1.82) is 0 Å². The molecule has 0 fully saturated rings. The van der Waals surface area contributed by atoms with Gasteiger partial charge >= 0.3 is 5.97 Å². The maximum absolute atomic E-state index is 12.8. The molecule has 0 atom stereocenters. The number of ketones is 2. The number of ether oxygens (including phenoxy) is 2. The van der Waals surface area contributed by atoms with Crippen LogP contribution in [0.25, 0.3) is 0 Å². The Labute approximate surface area is 136 Å². The van der Waals surface area contributed by atoms with Crippen molar-refractivity contribution in [3.05, 3.63) is 35.4 Å². The second-order valence-electron chi connectivity index (χ2n) is 5.58. The molecule has 0 unspecified atom stereocenters. The molecule has 0 bridgehead atoms. The standard InChI is InChI=1S/C18H22O5/c1-3-5-11-22-17(21)18(23-12-6-4-2)15(19)13-9-7-8-10-14(13)16(18)20/h7-10H,3-6,11-12H2,1-2H3. The monoisotopic (exact) mass is 318 g/mol. The van der Waals surface area contributed by atoms with E-state index in [0.29, 0.717) is 12.8 Å². The number of Topliss-reactive ketones (excluding diaryl/α,β-unsaturated/α-hetero) is 2. The van der Waals surface area contributed by atoms with Crippen molar-refractivity contribution in [2.45, 2.75) is 45.1 Å². The number of rotatable bonds is 8. The zero-order chi connectivity index (χ0) is 16.9. The van der Waals surface area contributed by atoms with Crippen LogP contribution in [0.4, 0.5) is 0 Å². The molecule has 0 aromatic heterocycles. The van der Waals surface area contributed by atoms with Crippen LogP contribution in [0, 0.1) is 0 Å². The predicted molar refractivity (Wildman–Crippen MR) is 84.6 cm³/mol. The topological polar surface area (TPSA) is 69.7 Å². The van der Waals surface area contributed by atoms with Crippen molar-refractivity contribution in [1.82, 2.24) is 0 Å². The second kappa shape index (κ2) is 7.51. The van der Waals surface area contributed by atoms with E-state index < -0.39 is 23.1 Å². The normalized spacial score (nSPS) is 15.6. The molecule has 1 aliphatic carbocycles. The summed E-state index contributed by atoms with van der Waals surface area (Å²) in [5.41, 5.74) is -1.71. The molecule has 1 aromatic carbocycles. The molecule has 0 saturated carbocycles. The quantitative estimate of drug-likeness (QED) is 0.419. The van der Waals surface area contributed by atoms with Crippen LogP contribution in [0.1, 0.15) is 60.2 Å². The van der Waals surface area contributed by atoms with Gasteiger partial charge in [0.25, 0.3) is 5.60 Å². The minimum atomic E-state index is -2.16. The first-order valence-corrected chi connectivity index (χ1v) is 8.09. The van der Waals surface area contributed by atoms with Crippen LogP contribution in [0.3, 0.4) is 0 Å². The molecule has 0 N–H and O–H groups in total. The fourth-order valence-electron chi connectivity index (χ4n) is 2.52. The fourth-order valence-corrected chi connectivity index (χ4v) is 2.52. The van der Waals surface area contributed by atoms with Gasteiger partial charge in [0.05, 0.1) is 6.61 Å². The summed E-state index contributed by atoms with van der Waals surface area (Å²) in [4.78, 5) is 38.0. The molecule has 1 aromatic rings. The molecule has 5 nitrogen and oxygen atoms in total. The highest BCUT2D eigenvalue weighted by Crippen LogP contribution is 2.34. The van der Waals surface area contributed by atoms with Gasteiger partial charge in [-0.25, -0.2) is 4.79 Å². The van der Waals surface area contributed by atoms with Crippen molar-refractivity contribution in [2.75, 3.05) is 13.2 Å². The Kier molecular flexibility index (Phi) is 5.66. The zero-order valence-corrected chi connectivity index (χ0v) is 13.6. The Morgan fingerprint density at radius 3 is 2.00 bits per heavy atom. The second-order valence-corrected chi connectivity index (χ2v) is 5.58. The first-order chi connectivity index (χ1) is 11.1. The summed E-state index contributed by atoms with van der Waals surface area (Å²) in [6.07, 6.45) is 3.00. The van der Waals surface area contributed by atoms with Crippen LogP contribution in [-0.4, -0.2) is 36.4 Å². The van der Waals surface area contributed by atoms with E-state index in [1.54, 1.807) is 24.3 Å². The van der Waals surface area contributed by atoms with Crippen LogP contribution >= 0.6 is 0 Å². The molecular formula is C18H22O5. The molecular weight excluding hydrogens is 296 g/mol. The number of hydrogen-bond donors (Lipinski definition) is 0. The third-order valence-electron chi connectivity index (χ3n) is 3.89. The molecule has 0 aliphatic heterocycles. The summed E-state index contributed by atoms with van der Waals surface area (Å²) >= 11 is 0. The minimum Gasteiger partial charge on any atom is -0.463 e. The number of fused-ring (bicyclic) bond motifs is 1. The number of carbonyl (C=O) groups is 3. The van der Waals surface area contributed by atoms with Crippen molar-refractivity contribution < 1.29 is 23.9 Å². The van der Waals surface area contributed by atoms with E-state index in [4.69, 9.17) is 9.47 Å². The summed E-state index contributed by atoms with van der Waals surface area (Å²) < 4.78 is 10.7. The molecule has 0 radical (unpaired) electrons. The van der Waals surface area contributed by atoms with Gasteiger partial charge in [-0.15, -0.1) is 0 Å². The van der Waals surface area contributed by atoms with Gasteiger partial charge in [-0.3, -0.25) is 9.59 Å². The van der Waals surface area contributed by atoms with Gasteiger partial charge in [0, 0.05) is 17.7 Å². The maximum Gasteiger partial charge on any atom is 0.355 e. The number of esters is 1. The Bertz CT molecular complexity index is 570. The predicted octanol–water partition coefficient (Wildman–Crippen LogP) is 2.96. The third-order valence-corrected chi connectivity index (χ3v) is 3.89. The first-order valence-electron chi connectivity index (χ1n) is 8.09. The van der Waals surface area contributed by atoms with Crippen LogP contribution in [0.15, 0.2) is 24.3 Å². The van der Waals surface area contributed by atoms with Crippen LogP contribution in [0.2, 0.25) is 0 Å². The largest absolute Gasteiger partial charge is 0.463 e. The third kappa shape index (κ3) is 3.06. The molecule has 2 rings (SSSR count). The van der Waals surface area contributed by atoms with Gasteiger partial charge in [0.2, 0.25) is 11.6 Å². The van der Waals surface area contributed by atoms with Gasteiger partial charge in [-0.2, -0.15) is 0 Å². The highest BCUT2D eigenvalue weighted by molar-refractivity contribution is 6.41. The molecule has 0 spiro atoms. The molecule has 23 heavy (non-hydrogen) atoms. The van der Waals surface area contributed by atoms with Gasteiger partial charge < -0.3 is 9.47 Å². The number of unbranched alkanes of at least 4 members (excludes halogenated alkanes) is 2. The van der Waals surface area contributed by atoms with E-state index in [1.165, 1.54) is 0 Å². The fraction of sp³-hybridized carbons (Fsp3) is 0.500. The minimum absolute atomic E-state index is 0.158. The lowest BCUT2D eigenvalue weighted by molar-refractivity contribution is -0.160. The average molecular weight is 318 g/mol. The van der Waals surface area contributed by atoms with Crippen molar-refractivity contribution in [3.63, 3.8) is 0 Å². The lowest BCUT2D eigenvalue weighted by Gasteiger charge is -2.24. The summed E-state index contributed by atoms with van der Waals surface area (Å²) in [5.74, 6) is -2.13. The van der Waals surface area contributed by atoms with Crippen LogP contribution in [-0.2, 0) is 14.3 Å². The highest BCUT2D eigenvalue weighted by Gasteiger charge is 2.61. The summed E-state index contributed by atoms with van der Waals surface area (Å²) in [6, 6.07) is 6.41. The van der Waals surface area contributed by atoms with Crippen molar-refractivity contribution >= 4 is 17.5 Å². The zero-order valence-electron chi connectivity index (χ0n) is 13.6. The van der Waals surface area contributed by atoms with Crippen molar-refractivity contribution in [2.24, 2.45) is 0 Å². The van der Waals surface area contributed by atoms with E-state index in [9.17, 15) is 14.4 Å². The van der Waals surface area contributed by atoms with E-state index in [1.807, 2.05) is 13.8 Å². The molecule has 0 amide bonds. The van der Waals surface area contributed by atoms with Gasteiger partial charge in [0.15, 0.2) is 0 Å². The van der Waals surface area contributed by atoms with Crippen molar-refractivity contribution in [3.8, 4) is 0 Å². The Balaban J connectivity index is 2.33. The molecule has 1 aliphatic rings. The highest BCUT2D eigenvalue weighted by atomic mass is 16.6. The summed E-state index contributed by atoms with van der Waals surface area (Å²) in [7, 11) is 0. The number of hydrogen-bond acceptors (Lipinski definition) is 5. The van der Waals surface area contributed by atoms with Crippen LogP contribution < -0.4 is 0 Å². The van der Waals surface area contributed by atoms with Crippen LogP contribution in [0.5, 0.6) is 0 Å². The smallest absolute Gasteiger partial charge is 0.355 e. The average Bonchev–Trinajstić information content (AvgIpc) is 2.78. The molecule has 5 heteroatoms. The van der Waals surface area contributed by atoms with E-state index in [2.05, 4.69) is 0 Å². The van der Waals surface area contributed by atoms with E-state index >= 15 is 0 Å². The Morgan fingerprint density at radius 2 is 1.48 bits per heavy atom. The molecule has 0 saturated heterocycles. The lowest BCUT2D eigenvalue weighted by Crippen LogP contribution is -2.53. The van der Waals surface area contributed by atoms with Gasteiger partial charge in [-0.05, 0) is 12.8 Å².